The van der Waals surface area contributed by atoms with E-state index in [0.717, 1.165) is 5.92 Å². The summed E-state index contributed by atoms with van der Waals surface area (Å²) < 4.78 is 0. The van der Waals surface area contributed by atoms with Gasteiger partial charge in [0.1, 0.15) is 0 Å². The summed E-state index contributed by atoms with van der Waals surface area (Å²) in [6.07, 6.45) is 9.26. The third-order valence-corrected chi connectivity index (χ3v) is 3.75. The molecule has 16 heavy (non-hydrogen) atoms. The zero-order chi connectivity index (χ0) is 12.4. The molecule has 1 unspecified atom stereocenters. The predicted octanol–water partition coefficient (Wildman–Crippen LogP) is 4.64. The molecule has 0 aromatic rings. The molecule has 0 aliphatic carbocycles. The fraction of sp³-hybridized carbons (Fsp3) is 1.00. The second kappa shape index (κ2) is 10.1. The van der Waals surface area contributed by atoms with Crippen LogP contribution in [0.2, 0.25) is 0 Å². The number of hydrogen-bond donors (Lipinski definition) is 1. The highest BCUT2D eigenvalue weighted by Crippen LogP contribution is 2.27. The maximum absolute atomic E-state index is 9.40. The van der Waals surface area contributed by atoms with Crippen LogP contribution in [0.4, 0.5) is 0 Å². The van der Waals surface area contributed by atoms with Gasteiger partial charge in [-0.25, -0.2) is 0 Å². The summed E-state index contributed by atoms with van der Waals surface area (Å²) >= 11 is 0. The molecule has 0 aromatic carbocycles. The van der Waals surface area contributed by atoms with Crippen LogP contribution >= 0.6 is 0 Å². The Morgan fingerprint density at radius 2 is 1.44 bits per heavy atom. The Hall–Kier alpha value is -0.0400. The molecule has 1 N–H and O–H groups in total. The third kappa shape index (κ3) is 7.27. The molecule has 0 fully saturated rings. The molecule has 0 aromatic heterocycles. The lowest BCUT2D eigenvalue weighted by atomic mass is 9.82. The molecule has 0 aliphatic heterocycles. The maximum atomic E-state index is 9.40. The SMILES string of the molecule is CCCCC(CCCC)CC(CO)C(C)C. The molecule has 0 amide bonds. The molecular weight excluding hydrogens is 196 g/mol. The Labute approximate surface area is 103 Å². The monoisotopic (exact) mass is 228 g/mol. The molecule has 1 nitrogen and oxygen atoms in total. The van der Waals surface area contributed by atoms with Crippen molar-refractivity contribution < 1.29 is 5.11 Å². The van der Waals surface area contributed by atoms with Gasteiger partial charge in [-0.05, 0) is 24.2 Å². The van der Waals surface area contributed by atoms with Gasteiger partial charge in [-0.15, -0.1) is 0 Å². The van der Waals surface area contributed by atoms with Crippen LogP contribution in [-0.2, 0) is 0 Å². The van der Waals surface area contributed by atoms with Crippen molar-refractivity contribution in [1.82, 2.24) is 0 Å². The lowest BCUT2D eigenvalue weighted by molar-refractivity contribution is 0.156. The molecule has 1 heteroatoms. The first-order valence-electron chi connectivity index (χ1n) is 7.26. The fourth-order valence-corrected chi connectivity index (χ4v) is 2.35. The summed E-state index contributed by atoms with van der Waals surface area (Å²) in [7, 11) is 0. The van der Waals surface area contributed by atoms with E-state index in [4.69, 9.17) is 0 Å². The third-order valence-electron chi connectivity index (χ3n) is 3.75. The molecule has 98 valence electrons. The second-order valence-corrected chi connectivity index (χ2v) is 5.57. The Bertz CT molecular complexity index is 134. The van der Waals surface area contributed by atoms with Crippen molar-refractivity contribution in [3.8, 4) is 0 Å². The van der Waals surface area contributed by atoms with Crippen molar-refractivity contribution >= 4 is 0 Å². The average molecular weight is 228 g/mol. The molecule has 0 rings (SSSR count). The van der Waals surface area contributed by atoms with E-state index >= 15 is 0 Å². The van der Waals surface area contributed by atoms with Gasteiger partial charge in [-0.1, -0.05) is 66.2 Å². The lowest BCUT2D eigenvalue weighted by Crippen LogP contribution is -2.18. The summed E-state index contributed by atoms with van der Waals surface area (Å²) in [5, 5.41) is 9.40. The van der Waals surface area contributed by atoms with Crippen LogP contribution in [0.1, 0.15) is 72.6 Å². The van der Waals surface area contributed by atoms with Crippen LogP contribution in [-0.4, -0.2) is 11.7 Å². The maximum Gasteiger partial charge on any atom is 0.0461 e. The van der Waals surface area contributed by atoms with Crippen LogP contribution in [0.5, 0.6) is 0 Å². The van der Waals surface area contributed by atoms with E-state index in [0.29, 0.717) is 18.4 Å². The van der Waals surface area contributed by atoms with Gasteiger partial charge in [-0.3, -0.25) is 0 Å². The van der Waals surface area contributed by atoms with E-state index in [1.807, 2.05) is 0 Å². The van der Waals surface area contributed by atoms with Crippen LogP contribution in [0.25, 0.3) is 0 Å². The number of rotatable bonds is 10. The summed E-state index contributed by atoms with van der Waals surface area (Å²) in [4.78, 5) is 0. The highest BCUT2D eigenvalue weighted by atomic mass is 16.3. The first kappa shape index (κ1) is 16.0. The average Bonchev–Trinajstić information content (AvgIpc) is 2.27. The van der Waals surface area contributed by atoms with Gasteiger partial charge in [0.05, 0.1) is 0 Å². The van der Waals surface area contributed by atoms with E-state index in [1.54, 1.807) is 0 Å². The van der Waals surface area contributed by atoms with E-state index in [9.17, 15) is 5.11 Å². The van der Waals surface area contributed by atoms with Crippen LogP contribution in [0.15, 0.2) is 0 Å². The van der Waals surface area contributed by atoms with Gasteiger partial charge < -0.3 is 5.11 Å². The van der Waals surface area contributed by atoms with Gasteiger partial charge in [0.25, 0.3) is 0 Å². The Morgan fingerprint density at radius 1 is 0.938 bits per heavy atom. The first-order chi connectivity index (χ1) is 7.65. The topological polar surface area (TPSA) is 20.2 Å². The molecule has 0 saturated heterocycles. The smallest absolute Gasteiger partial charge is 0.0461 e. The van der Waals surface area contributed by atoms with Crippen molar-refractivity contribution in [2.45, 2.75) is 72.6 Å². The van der Waals surface area contributed by atoms with E-state index in [-0.39, 0.29) is 0 Å². The molecule has 0 saturated carbocycles. The lowest BCUT2D eigenvalue weighted by Gasteiger charge is -2.24. The quantitative estimate of drug-likeness (QED) is 0.577. The zero-order valence-corrected chi connectivity index (χ0v) is 11.8. The zero-order valence-electron chi connectivity index (χ0n) is 11.8. The van der Waals surface area contributed by atoms with Crippen LogP contribution in [0.3, 0.4) is 0 Å². The van der Waals surface area contributed by atoms with E-state index < -0.39 is 0 Å². The van der Waals surface area contributed by atoms with Gasteiger partial charge in [0.15, 0.2) is 0 Å². The number of unbranched alkanes of at least 4 members (excludes halogenated alkanes) is 2. The molecular formula is C15H32O. The predicted molar refractivity (Wildman–Crippen MR) is 72.6 cm³/mol. The minimum Gasteiger partial charge on any atom is -0.396 e. The Balaban J connectivity index is 4.04. The van der Waals surface area contributed by atoms with Crippen molar-refractivity contribution in [1.29, 1.82) is 0 Å². The van der Waals surface area contributed by atoms with Gasteiger partial charge in [0, 0.05) is 6.61 Å². The minimum absolute atomic E-state index is 0.367. The summed E-state index contributed by atoms with van der Waals surface area (Å²) in [6.45, 7) is 9.37. The highest BCUT2D eigenvalue weighted by Gasteiger charge is 2.18. The first-order valence-corrected chi connectivity index (χ1v) is 7.26. The van der Waals surface area contributed by atoms with Crippen LogP contribution in [0, 0.1) is 17.8 Å². The molecule has 0 bridgehead atoms. The Morgan fingerprint density at radius 3 is 1.75 bits per heavy atom. The molecule has 1 atom stereocenters. The van der Waals surface area contributed by atoms with E-state index in [2.05, 4.69) is 27.7 Å². The summed E-state index contributed by atoms with van der Waals surface area (Å²) in [5.41, 5.74) is 0. The van der Waals surface area contributed by atoms with Gasteiger partial charge in [0.2, 0.25) is 0 Å². The van der Waals surface area contributed by atoms with Crippen molar-refractivity contribution in [2.75, 3.05) is 6.61 Å². The van der Waals surface area contributed by atoms with Crippen molar-refractivity contribution in [3.05, 3.63) is 0 Å². The van der Waals surface area contributed by atoms with Crippen LogP contribution < -0.4 is 0 Å². The number of aliphatic hydroxyl groups is 1. The number of aliphatic hydroxyl groups excluding tert-OH is 1. The molecule has 0 heterocycles. The number of hydrogen-bond acceptors (Lipinski definition) is 1. The van der Waals surface area contributed by atoms with Gasteiger partial charge >= 0.3 is 0 Å². The molecule has 0 aliphatic rings. The fourth-order valence-electron chi connectivity index (χ4n) is 2.35. The minimum atomic E-state index is 0.367. The summed E-state index contributed by atoms with van der Waals surface area (Å²) in [6, 6.07) is 0. The van der Waals surface area contributed by atoms with E-state index in [1.165, 1.54) is 44.9 Å². The van der Waals surface area contributed by atoms with Gasteiger partial charge in [-0.2, -0.15) is 0 Å². The van der Waals surface area contributed by atoms with Crippen molar-refractivity contribution in [3.63, 3.8) is 0 Å². The molecule has 0 spiro atoms. The molecule has 0 radical (unpaired) electrons. The van der Waals surface area contributed by atoms with Crippen molar-refractivity contribution in [2.24, 2.45) is 17.8 Å². The normalized spacial score (nSPS) is 13.7. The second-order valence-electron chi connectivity index (χ2n) is 5.57. The summed E-state index contributed by atoms with van der Waals surface area (Å²) in [5.74, 6) is 1.98. The largest absolute Gasteiger partial charge is 0.396 e. The highest BCUT2D eigenvalue weighted by molar-refractivity contribution is 4.69. The standard InChI is InChI=1S/C15H32O/c1-5-7-9-14(10-8-6-2)11-15(12-16)13(3)4/h13-16H,5-12H2,1-4H3. The Kier molecular flexibility index (Phi) is 10.1.